The van der Waals surface area contributed by atoms with Gasteiger partial charge in [-0.1, -0.05) is 51.0 Å². The summed E-state index contributed by atoms with van der Waals surface area (Å²) in [7, 11) is 0. The molecule has 0 spiro atoms. The van der Waals surface area contributed by atoms with Gasteiger partial charge in [0.1, 0.15) is 18.1 Å². The maximum Gasteiger partial charge on any atom is 0.119 e. The Bertz CT molecular complexity index is 865. The standard InChI is InChI=1S/C29H41NO3/c1-3-4-5-16-30-17-18-33-25-13-8-22(9-14-25)27-20-29(2)23(10-15-28(29)32)19-26(27)21-6-11-24(31)12-7-21/h6-9,11-14,23,26-28,30-32H,3-5,10,15-20H2,1-2H3/t23-,26-,27+,28-,29-/m0/s1. The first-order valence-electron chi connectivity index (χ1n) is 12.9. The van der Waals surface area contributed by atoms with Crippen molar-refractivity contribution in [1.82, 2.24) is 5.32 Å². The van der Waals surface area contributed by atoms with E-state index in [-0.39, 0.29) is 11.5 Å². The fraction of sp³-hybridized carbons (Fsp3) is 0.586. The Kier molecular flexibility index (Phi) is 7.98. The molecule has 5 atom stereocenters. The number of aromatic hydroxyl groups is 1. The van der Waals surface area contributed by atoms with Gasteiger partial charge < -0.3 is 20.3 Å². The monoisotopic (exact) mass is 451 g/mol. The van der Waals surface area contributed by atoms with Crippen LogP contribution in [0.2, 0.25) is 0 Å². The Morgan fingerprint density at radius 3 is 2.36 bits per heavy atom. The van der Waals surface area contributed by atoms with Gasteiger partial charge in [0.15, 0.2) is 0 Å². The van der Waals surface area contributed by atoms with E-state index < -0.39 is 0 Å². The van der Waals surface area contributed by atoms with Crippen LogP contribution < -0.4 is 10.1 Å². The molecule has 180 valence electrons. The highest BCUT2D eigenvalue weighted by molar-refractivity contribution is 5.36. The Labute approximate surface area is 199 Å². The van der Waals surface area contributed by atoms with E-state index in [1.807, 2.05) is 0 Å². The molecule has 2 aromatic rings. The molecule has 4 nitrogen and oxygen atoms in total. The number of unbranched alkanes of at least 4 members (excludes halogenated alkanes) is 2. The molecule has 2 aliphatic rings. The third-order valence-corrected chi connectivity index (χ3v) is 8.30. The van der Waals surface area contributed by atoms with Crippen LogP contribution in [-0.4, -0.2) is 36.0 Å². The number of phenolic OH excluding ortho intramolecular Hbond substituents is 1. The maximum absolute atomic E-state index is 10.8. The van der Waals surface area contributed by atoms with Gasteiger partial charge in [-0.05, 0) is 97.2 Å². The van der Waals surface area contributed by atoms with Crippen LogP contribution in [0, 0.1) is 11.3 Å². The second-order valence-corrected chi connectivity index (χ2v) is 10.4. The topological polar surface area (TPSA) is 61.7 Å². The van der Waals surface area contributed by atoms with Crippen molar-refractivity contribution in [2.24, 2.45) is 11.3 Å². The maximum atomic E-state index is 10.8. The minimum absolute atomic E-state index is 0.0172. The molecule has 3 N–H and O–H groups in total. The molecule has 2 saturated carbocycles. The second-order valence-electron chi connectivity index (χ2n) is 10.4. The van der Waals surface area contributed by atoms with Crippen LogP contribution in [0.1, 0.15) is 81.8 Å². The van der Waals surface area contributed by atoms with E-state index in [0.717, 1.165) is 44.5 Å². The zero-order valence-corrected chi connectivity index (χ0v) is 20.3. The summed E-state index contributed by atoms with van der Waals surface area (Å²) >= 11 is 0. The summed E-state index contributed by atoms with van der Waals surface area (Å²) in [6.45, 7) is 7.12. The van der Waals surface area contributed by atoms with Crippen LogP contribution >= 0.6 is 0 Å². The molecule has 0 radical (unpaired) electrons. The summed E-state index contributed by atoms with van der Waals surface area (Å²) in [5.41, 5.74) is 2.59. The molecule has 2 aromatic carbocycles. The molecule has 0 unspecified atom stereocenters. The molecule has 0 aliphatic heterocycles. The molecular weight excluding hydrogens is 410 g/mol. The highest BCUT2D eigenvalue weighted by Crippen LogP contribution is 2.60. The fourth-order valence-electron chi connectivity index (χ4n) is 6.18. The average molecular weight is 452 g/mol. The lowest BCUT2D eigenvalue weighted by Crippen LogP contribution is -2.40. The number of aliphatic hydroxyl groups is 1. The number of ether oxygens (including phenoxy) is 1. The second kappa shape index (κ2) is 10.9. The van der Waals surface area contributed by atoms with Crippen LogP contribution in [0.5, 0.6) is 11.5 Å². The Morgan fingerprint density at radius 2 is 1.64 bits per heavy atom. The molecule has 0 aromatic heterocycles. The van der Waals surface area contributed by atoms with Gasteiger partial charge in [-0.25, -0.2) is 0 Å². The molecule has 2 fully saturated rings. The molecule has 4 rings (SSSR count). The van der Waals surface area contributed by atoms with E-state index in [0.29, 0.717) is 30.1 Å². The molecular formula is C29H41NO3. The number of hydrogen-bond donors (Lipinski definition) is 3. The smallest absolute Gasteiger partial charge is 0.119 e. The number of rotatable bonds is 10. The first kappa shape index (κ1) is 24.1. The van der Waals surface area contributed by atoms with Gasteiger partial charge in [-0.3, -0.25) is 0 Å². The van der Waals surface area contributed by atoms with Crippen molar-refractivity contribution in [3.8, 4) is 11.5 Å². The van der Waals surface area contributed by atoms with Crippen molar-refractivity contribution in [2.45, 2.75) is 76.7 Å². The lowest BCUT2D eigenvalue weighted by Gasteiger charge is -2.47. The number of nitrogens with one attached hydrogen (secondary N) is 1. The van der Waals surface area contributed by atoms with Crippen LogP contribution in [0.3, 0.4) is 0 Å². The van der Waals surface area contributed by atoms with Crippen molar-refractivity contribution in [2.75, 3.05) is 19.7 Å². The number of phenols is 1. The van der Waals surface area contributed by atoms with Crippen LogP contribution in [0.4, 0.5) is 0 Å². The summed E-state index contributed by atoms with van der Waals surface area (Å²) in [4.78, 5) is 0. The first-order chi connectivity index (χ1) is 16.0. The summed E-state index contributed by atoms with van der Waals surface area (Å²) in [6.07, 6.45) is 7.64. The summed E-state index contributed by atoms with van der Waals surface area (Å²) in [5, 5.41) is 24.0. The average Bonchev–Trinajstić information content (AvgIpc) is 3.12. The SMILES string of the molecule is CCCCCNCCOc1ccc([C@H]2C[C@@]3(C)[C@@H](CC[C@@H]3O)C[C@H]2c2ccc(O)cc2)cc1. The molecule has 4 heteroatoms. The van der Waals surface area contributed by atoms with E-state index >= 15 is 0 Å². The Morgan fingerprint density at radius 1 is 0.939 bits per heavy atom. The molecule has 0 bridgehead atoms. The third kappa shape index (κ3) is 5.55. The van der Waals surface area contributed by atoms with Crippen molar-refractivity contribution >= 4 is 0 Å². The van der Waals surface area contributed by atoms with Crippen LogP contribution in [-0.2, 0) is 0 Å². The number of benzene rings is 2. The predicted molar refractivity (Wildman–Crippen MR) is 134 cm³/mol. The van der Waals surface area contributed by atoms with Gasteiger partial charge in [-0.2, -0.15) is 0 Å². The van der Waals surface area contributed by atoms with Gasteiger partial charge in [0.05, 0.1) is 6.10 Å². The molecule has 33 heavy (non-hydrogen) atoms. The van der Waals surface area contributed by atoms with E-state index in [1.165, 1.54) is 30.4 Å². The summed E-state index contributed by atoms with van der Waals surface area (Å²) in [6, 6.07) is 16.4. The van der Waals surface area contributed by atoms with E-state index in [2.05, 4.69) is 55.6 Å². The molecule has 0 saturated heterocycles. The Hall–Kier alpha value is -2.04. The van der Waals surface area contributed by atoms with Crippen molar-refractivity contribution < 1.29 is 14.9 Å². The van der Waals surface area contributed by atoms with Gasteiger partial charge in [-0.15, -0.1) is 0 Å². The predicted octanol–water partition coefficient (Wildman–Crippen LogP) is 5.99. The quantitative estimate of drug-likeness (QED) is 0.388. The number of aliphatic hydroxyl groups excluding tert-OH is 1. The minimum atomic E-state index is -0.210. The first-order valence-corrected chi connectivity index (χ1v) is 12.9. The normalized spacial score (nSPS) is 29.1. The Balaban J connectivity index is 1.44. The zero-order chi connectivity index (χ0) is 23.3. The third-order valence-electron chi connectivity index (χ3n) is 8.30. The molecule has 0 amide bonds. The van der Waals surface area contributed by atoms with E-state index in [1.54, 1.807) is 12.1 Å². The minimum Gasteiger partial charge on any atom is -0.508 e. The van der Waals surface area contributed by atoms with Gasteiger partial charge in [0, 0.05) is 6.54 Å². The fourth-order valence-corrected chi connectivity index (χ4v) is 6.18. The van der Waals surface area contributed by atoms with E-state index in [4.69, 9.17) is 4.74 Å². The summed E-state index contributed by atoms with van der Waals surface area (Å²) in [5.74, 6) is 2.52. The van der Waals surface area contributed by atoms with Crippen molar-refractivity contribution in [1.29, 1.82) is 0 Å². The highest BCUT2D eigenvalue weighted by atomic mass is 16.5. The summed E-state index contributed by atoms with van der Waals surface area (Å²) < 4.78 is 5.96. The van der Waals surface area contributed by atoms with Crippen LogP contribution in [0.15, 0.2) is 48.5 Å². The van der Waals surface area contributed by atoms with Crippen molar-refractivity contribution in [3.63, 3.8) is 0 Å². The van der Waals surface area contributed by atoms with Gasteiger partial charge in [0.25, 0.3) is 0 Å². The lowest BCUT2D eigenvalue weighted by atomic mass is 9.58. The van der Waals surface area contributed by atoms with Gasteiger partial charge >= 0.3 is 0 Å². The number of fused-ring (bicyclic) bond motifs is 1. The molecule has 0 heterocycles. The van der Waals surface area contributed by atoms with E-state index in [9.17, 15) is 10.2 Å². The highest BCUT2D eigenvalue weighted by Gasteiger charge is 2.52. The van der Waals surface area contributed by atoms with Crippen molar-refractivity contribution in [3.05, 3.63) is 59.7 Å². The van der Waals surface area contributed by atoms with Gasteiger partial charge in [0.2, 0.25) is 0 Å². The zero-order valence-electron chi connectivity index (χ0n) is 20.3. The number of hydrogen-bond acceptors (Lipinski definition) is 4. The lowest BCUT2D eigenvalue weighted by molar-refractivity contribution is 0.000545. The van der Waals surface area contributed by atoms with Crippen LogP contribution in [0.25, 0.3) is 0 Å². The molecule has 2 aliphatic carbocycles. The largest absolute Gasteiger partial charge is 0.508 e.